The summed E-state index contributed by atoms with van der Waals surface area (Å²) in [5, 5.41) is 0.719. The van der Waals surface area contributed by atoms with E-state index in [4.69, 9.17) is 10.5 Å². The Morgan fingerprint density at radius 3 is 2.85 bits per heavy atom. The van der Waals surface area contributed by atoms with Gasteiger partial charge in [-0.05, 0) is 43.8 Å². The quantitative estimate of drug-likeness (QED) is 0.622. The summed E-state index contributed by atoms with van der Waals surface area (Å²) in [5.74, 6) is 1.74. The molecule has 8 heteroatoms. The van der Waals surface area contributed by atoms with Crippen LogP contribution < -0.4 is 10.6 Å². The number of nitrogens with two attached hydrogens (primary N) is 1. The molecular formula is C19H29N5O2S. The Morgan fingerprint density at radius 1 is 1.33 bits per heavy atom. The Balaban J connectivity index is 1.40. The van der Waals surface area contributed by atoms with Crippen LogP contribution in [0.15, 0.2) is 11.2 Å². The first-order chi connectivity index (χ1) is 13.1. The SMILES string of the molecule is CSc1nc(N)cc(N2CCC3(CCC(=O)N(C[C@@H]4CCCO4)C3)CC2)n1. The second-order valence-electron chi connectivity index (χ2n) is 8.03. The van der Waals surface area contributed by atoms with E-state index in [2.05, 4.69) is 19.8 Å². The summed E-state index contributed by atoms with van der Waals surface area (Å²) < 4.78 is 5.76. The molecule has 4 heterocycles. The van der Waals surface area contributed by atoms with Gasteiger partial charge in [-0.3, -0.25) is 4.79 Å². The molecule has 0 unspecified atom stereocenters. The predicted octanol–water partition coefficient (Wildman–Crippen LogP) is 2.17. The molecule has 4 rings (SSSR count). The number of ether oxygens (including phenoxy) is 1. The van der Waals surface area contributed by atoms with Crippen LogP contribution in [0.5, 0.6) is 0 Å². The minimum absolute atomic E-state index is 0.234. The first-order valence-corrected chi connectivity index (χ1v) is 11.1. The van der Waals surface area contributed by atoms with E-state index in [0.29, 0.717) is 18.1 Å². The third-order valence-corrected chi connectivity index (χ3v) is 6.79. The standard InChI is InChI=1S/C19H29N5O2S/c1-27-18-21-15(20)11-16(22-18)23-8-6-19(7-9-23)5-4-17(25)24(13-19)12-14-3-2-10-26-14/h11,14H,2-10,12-13H2,1H3,(H2,20,21,22)/t14-/m0/s1. The first kappa shape index (κ1) is 18.8. The van der Waals surface area contributed by atoms with Crippen molar-refractivity contribution in [1.82, 2.24) is 14.9 Å². The Labute approximate surface area is 165 Å². The van der Waals surface area contributed by atoms with Gasteiger partial charge < -0.3 is 20.3 Å². The summed E-state index contributed by atoms with van der Waals surface area (Å²) in [6, 6.07) is 1.87. The monoisotopic (exact) mass is 391 g/mol. The number of piperidine rings is 2. The zero-order valence-corrected chi connectivity index (χ0v) is 16.8. The van der Waals surface area contributed by atoms with Crippen LogP contribution in [0, 0.1) is 5.41 Å². The molecule has 148 valence electrons. The highest BCUT2D eigenvalue weighted by molar-refractivity contribution is 7.98. The van der Waals surface area contributed by atoms with Gasteiger partial charge in [0.1, 0.15) is 11.6 Å². The number of nitrogens with zero attached hydrogens (tertiary/aromatic N) is 4. The van der Waals surface area contributed by atoms with Gasteiger partial charge in [-0.1, -0.05) is 11.8 Å². The van der Waals surface area contributed by atoms with Gasteiger partial charge in [0.2, 0.25) is 5.91 Å². The van der Waals surface area contributed by atoms with Crippen LogP contribution >= 0.6 is 11.8 Å². The summed E-state index contributed by atoms with van der Waals surface area (Å²) >= 11 is 1.51. The Kier molecular flexibility index (Phi) is 5.45. The van der Waals surface area contributed by atoms with Gasteiger partial charge in [-0.2, -0.15) is 0 Å². The van der Waals surface area contributed by atoms with Crippen molar-refractivity contribution in [1.29, 1.82) is 0 Å². The van der Waals surface area contributed by atoms with Crippen molar-refractivity contribution < 1.29 is 9.53 Å². The van der Waals surface area contributed by atoms with Gasteiger partial charge >= 0.3 is 0 Å². The molecule has 0 radical (unpaired) electrons. The van der Waals surface area contributed by atoms with Crippen LogP contribution in [-0.2, 0) is 9.53 Å². The number of rotatable bonds is 4. The minimum Gasteiger partial charge on any atom is -0.383 e. The Bertz CT molecular complexity index is 687. The largest absolute Gasteiger partial charge is 0.383 e. The van der Waals surface area contributed by atoms with E-state index in [1.54, 1.807) is 0 Å². The van der Waals surface area contributed by atoms with E-state index in [-0.39, 0.29) is 11.5 Å². The molecule has 0 aromatic carbocycles. The Morgan fingerprint density at radius 2 is 2.15 bits per heavy atom. The summed E-state index contributed by atoms with van der Waals surface area (Å²) in [6.45, 7) is 4.39. The molecule has 1 aromatic heterocycles. The smallest absolute Gasteiger partial charge is 0.222 e. The normalized spacial score (nSPS) is 25.4. The van der Waals surface area contributed by atoms with E-state index in [9.17, 15) is 4.79 Å². The predicted molar refractivity (Wildman–Crippen MR) is 107 cm³/mol. The number of amides is 1. The van der Waals surface area contributed by atoms with E-state index in [1.165, 1.54) is 11.8 Å². The first-order valence-electron chi connectivity index (χ1n) is 9.90. The van der Waals surface area contributed by atoms with Crippen molar-refractivity contribution in [3.63, 3.8) is 0 Å². The number of thioether (sulfide) groups is 1. The average molecular weight is 392 g/mol. The van der Waals surface area contributed by atoms with E-state index < -0.39 is 0 Å². The van der Waals surface area contributed by atoms with E-state index >= 15 is 0 Å². The van der Waals surface area contributed by atoms with Crippen molar-refractivity contribution in [2.45, 2.75) is 49.8 Å². The molecule has 0 aliphatic carbocycles. The zero-order valence-electron chi connectivity index (χ0n) is 16.0. The maximum atomic E-state index is 12.4. The molecule has 7 nitrogen and oxygen atoms in total. The molecule has 3 aliphatic heterocycles. The number of carbonyl (C=O) groups is 1. The lowest BCUT2D eigenvalue weighted by Gasteiger charge is -2.48. The lowest BCUT2D eigenvalue weighted by Crippen LogP contribution is -2.53. The highest BCUT2D eigenvalue weighted by Gasteiger charge is 2.41. The van der Waals surface area contributed by atoms with Crippen LogP contribution in [0.2, 0.25) is 0 Å². The Hall–Kier alpha value is -1.54. The lowest BCUT2D eigenvalue weighted by molar-refractivity contribution is -0.140. The second kappa shape index (κ2) is 7.83. The van der Waals surface area contributed by atoms with Crippen molar-refractivity contribution in [3.05, 3.63) is 6.07 Å². The van der Waals surface area contributed by atoms with Crippen LogP contribution in [0.25, 0.3) is 0 Å². The van der Waals surface area contributed by atoms with Crippen molar-refractivity contribution in [3.8, 4) is 0 Å². The summed E-state index contributed by atoms with van der Waals surface area (Å²) in [7, 11) is 0. The number of anilines is 2. The van der Waals surface area contributed by atoms with Gasteiger partial charge in [0.25, 0.3) is 0 Å². The molecule has 3 aliphatic rings. The molecule has 1 atom stereocenters. The third-order valence-electron chi connectivity index (χ3n) is 6.24. The fourth-order valence-corrected chi connectivity index (χ4v) is 4.99. The van der Waals surface area contributed by atoms with Gasteiger partial charge in [0, 0.05) is 45.3 Å². The molecule has 1 spiro atoms. The molecule has 27 heavy (non-hydrogen) atoms. The van der Waals surface area contributed by atoms with Crippen molar-refractivity contribution in [2.75, 3.05) is 49.7 Å². The summed E-state index contributed by atoms with van der Waals surface area (Å²) in [4.78, 5) is 25.7. The molecule has 2 N–H and O–H groups in total. The number of nitrogen functional groups attached to an aromatic ring is 1. The lowest BCUT2D eigenvalue weighted by atomic mass is 9.72. The fraction of sp³-hybridized carbons (Fsp3) is 0.737. The van der Waals surface area contributed by atoms with Gasteiger partial charge in [-0.25, -0.2) is 9.97 Å². The maximum Gasteiger partial charge on any atom is 0.222 e. The molecule has 3 fully saturated rings. The average Bonchev–Trinajstić information content (AvgIpc) is 3.18. The summed E-state index contributed by atoms with van der Waals surface area (Å²) in [6.07, 6.45) is 8.24. The molecular weight excluding hydrogens is 362 g/mol. The van der Waals surface area contributed by atoms with Crippen molar-refractivity contribution in [2.24, 2.45) is 5.41 Å². The fourth-order valence-electron chi connectivity index (χ4n) is 4.60. The molecule has 0 bridgehead atoms. The number of carbonyl (C=O) groups excluding carboxylic acids is 1. The van der Waals surface area contributed by atoms with E-state index in [0.717, 1.165) is 75.9 Å². The molecule has 1 aromatic rings. The minimum atomic E-state index is 0.234. The molecule has 1 amide bonds. The number of aromatic nitrogens is 2. The molecule has 0 saturated carbocycles. The van der Waals surface area contributed by atoms with Crippen molar-refractivity contribution >= 4 is 29.3 Å². The number of likely N-dealkylation sites (tertiary alicyclic amines) is 1. The van der Waals surface area contributed by atoms with E-state index in [1.807, 2.05) is 12.3 Å². The van der Waals surface area contributed by atoms with Crippen LogP contribution in [0.4, 0.5) is 11.6 Å². The van der Waals surface area contributed by atoms with Gasteiger partial charge in [0.15, 0.2) is 5.16 Å². The number of hydrogen-bond donors (Lipinski definition) is 1. The van der Waals surface area contributed by atoms with Gasteiger partial charge in [-0.15, -0.1) is 0 Å². The number of hydrogen-bond acceptors (Lipinski definition) is 7. The maximum absolute atomic E-state index is 12.4. The van der Waals surface area contributed by atoms with Crippen LogP contribution in [-0.4, -0.2) is 65.9 Å². The highest BCUT2D eigenvalue weighted by Crippen LogP contribution is 2.41. The third kappa shape index (κ3) is 4.16. The van der Waals surface area contributed by atoms with Gasteiger partial charge in [0.05, 0.1) is 6.10 Å². The highest BCUT2D eigenvalue weighted by atomic mass is 32.2. The second-order valence-corrected chi connectivity index (χ2v) is 8.81. The van der Waals surface area contributed by atoms with Crippen LogP contribution in [0.3, 0.4) is 0 Å². The topological polar surface area (TPSA) is 84.6 Å². The van der Waals surface area contributed by atoms with Crippen LogP contribution in [0.1, 0.15) is 38.5 Å². The molecule has 3 saturated heterocycles. The zero-order chi connectivity index (χ0) is 18.9. The summed E-state index contributed by atoms with van der Waals surface area (Å²) in [5.41, 5.74) is 6.18.